The number of fused-ring (bicyclic) bond motifs is 3. The molecule has 0 radical (unpaired) electrons. The Bertz CT molecular complexity index is 712. The van der Waals surface area contributed by atoms with Crippen molar-refractivity contribution in [2.24, 2.45) is 0 Å². The molecule has 0 saturated carbocycles. The van der Waals surface area contributed by atoms with Gasteiger partial charge in [0.1, 0.15) is 17.7 Å². The van der Waals surface area contributed by atoms with Crippen molar-refractivity contribution in [2.75, 3.05) is 18.4 Å². The highest BCUT2D eigenvalue weighted by Gasteiger charge is 2.34. The van der Waals surface area contributed by atoms with E-state index < -0.39 is 0 Å². The van der Waals surface area contributed by atoms with Crippen molar-refractivity contribution in [2.45, 2.75) is 26.1 Å². The van der Waals surface area contributed by atoms with E-state index in [2.05, 4.69) is 22.5 Å². The zero-order valence-electron chi connectivity index (χ0n) is 12.5. The molecule has 5 nitrogen and oxygen atoms in total. The van der Waals surface area contributed by atoms with Gasteiger partial charge >= 0.3 is 0 Å². The van der Waals surface area contributed by atoms with Crippen LogP contribution in [0.5, 0.6) is 0 Å². The maximum absolute atomic E-state index is 12.6. The second-order valence-electron chi connectivity index (χ2n) is 5.83. The van der Waals surface area contributed by atoms with Gasteiger partial charge < -0.3 is 15.5 Å². The molecule has 22 heavy (non-hydrogen) atoms. The molecule has 2 atom stereocenters. The van der Waals surface area contributed by atoms with Crippen molar-refractivity contribution < 1.29 is 9.69 Å². The molecule has 2 aromatic heterocycles. The lowest BCUT2D eigenvalue weighted by Crippen LogP contribution is -3.11. The molecular weight excluding hydrogens is 296 g/mol. The van der Waals surface area contributed by atoms with Crippen LogP contribution in [0.3, 0.4) is 0 Å². The van der Waals surface area contributed by atoms with Gasteiger partial charge in [0.25, 0.3) is 5.91 Å². The standard InChI is InChI=1S/C16H18N4OS/c1-2-20-7-5-11-12(9-20)22-16-13(11)15(21)18-14(19-16)10-4-3-6-17-8-10/h3-4,6,8,14,19H,2,5,7,9H2,1H3,(H,18,21)/p+1/t14-/m0/s1. The molecule has 2 aliphatic heterocycles. The Hall–Kier alpha value is -1.92. The fourth-order valence-electron chi connectivity index (χ4n) is 3.26. The normalized spacial score (nSPS) is 23.2. The number of likely N-dealkylation sites (N-methyl/N-ethyl adjacent to an activating group) is 1. The third-order valence-corrected chi connectivity index (χ3v) is 5.69. The third-order valence-electron chi connectivity index (χ3n) is 4.53. The molecule has 0 bridgehead atoms. The molecule has 4 rings (SSSR count). The molecule has 1 unspecified atom stereocenters. The monoisotopic (exact) mass is 315 g/mol. The zero-order valence-corrected chi connectivity index (χ0v) is 13.3. The third kappa shape index (κ3) is 2.19. The molecule has 6 heteroatoms. The number of hydrogen-bond donors (Lipinski definition) is 3. The predicted molar refractivity (Wildman–Crippen MR) is 86.2 cm³/mol. The first-order valence-electron chi connectivity index (χ1n) is 7.71. The summed E-state index contributed by atoms with van der Waals surface area (Å²) < 4.78 is 0. The first-order valence-corrected chi connectivity index (χ1v) is 8.53. The molecule has 114 valence electrons. The van der Waals surface area contributed by atoms with Gasteiger partial charge in [-0.05, 0) is 18.6 Å². The number of pyridine rings is 1. The van der Waals surface area contributed by atoms with Crippen molar-refractivity contribution in [1.82, 2.24) is 10.3 Å². The van der Waals surface area contributed by atoms with Gasteiger partial charge in [0, 0.05) is 24.4 Å². The summed E-state index contributed by atoms with van der Waals surface area (Å²) in [5.74, 6) is 0.0417. The molecule has 0 spiro atoms. The van der Waals surface area contributed by atoms with Gasteiger partial charge in [-0.2, -0.15) is 0 Å². The van der Waals surface area contributed by atoms with Gasteiger partial charge in [0.2, 0.25) is 0 Å². The number of hydrogen-bond acceptors (Lipinski definition) is 4. The van der Waals surface area contributed by atoms with Gasteiger partial charge in [-0.3, -0.25) is 9.78 Å². The Morgan fingerprint density at radius 1 is 1.45 bits per heavy atom. The van der Waals surface area contributed by atoms with Crippen molar-refractivity contribution in [3.8, 4) is 0 Å². The number of nitrogens with one attached hydrogen (secondary N) is 3. The molecule has 1 amide bonds. The molecule has 4 heterocycles. The molecular formula is C16H19N4OS+. The highest BCUT2D eigenvalue weighted by atomic mass is 32.1. The number of carbonyl (C=O) groups is 1. The summed E-state index contributed by atoms with van der Waals surface area (Å²) in [5.41, 5.74) is 3.11. The number of thiophene rings is 1. The van der Waals surface area contributed by atoms with Crippen LogP contribution in [0.1, 0.15) is 39.5 Å². The average Bonchev–Trinajstić information content (AvgIpc) is 2.93. The number of rotatable bonds is 2. The molecule has 0 aromatic carbocycles. The number of anilines is 1. The first kappa shape index (κ1) is 13.7. The summed E-state index contributed by atoms with van der Waals surface area (Å²) in [4.78, 5) is 19.7. The van der Waals surface area contributed by atoms with Crippen LogP contribution in [0.15, 0.2) is 24.5 Å². The first-order chi connectivity index (χ1) is 10.8. The van der Waals surface area contributed by atoms with Crippen LogP contribution in [-0.4, -0.2) is 24.0 Å². The van der Waals surface area contributed by atoms with Crippen LogP contribution in [0, 0.1) is 0 Å². The van der Waals surface area contributed by atoms with Gasteiger partial charge in [-0.1, -0.05) is 6.07 Å². The van der Waals surface area contributed by atoms with E-state index in [9.17, 15) is 4.79 Å². The van der Waals surface area contributed by atoms with Gasteiger partial charge in [0.15, 0.2) is 0 Å². The lowest BCUT2D eigenvalue weighted by Gasteiger charge is -2.27. The molecule has 0 saturated heterocycles. The minimum atomic E-state index is -0.191. The van der Waals surface area contributed by atoms with E-state index in [1.807, 2.05) is 12.1 Å². The number of nitrogens with zero attached hydrogens (tertiary/aromatic N) is 1. The second kappa shape index (κ2) is 5.37. The fraction of sp³-hybridized carbons (Fsp3) is 0.375. The quantitative estimate of drug-likeness (QED) is 0.774. The summed E-state index contributed by atoms with van der Waals surface area (Å²) >= 11 is 1.75. The SMILES string of the molecule is CC[NH+]1CCc2c(sc3c2C(=O)N[C@H](c2cccnc2)N3)C1. The van der Waals surface area contributed by atoms with Gasteiger partial charge in [-0.25, -0.2) is 0 Å². The van der Waals surface area contributed by atoms with Gasteiger partial charge in [0.05, 0.1) is 23.5 Å². The smallest absolute Gasteiger partial charge is 0.256 e. The van der Waals surface area contributed by atoms with Crippen molar-refractivity contribution >= 4 is 22.2 Å². The summed E-state index contributed by atoms with van der Waals surface area (Å²) in [6.07, 6.45) is 4.34. The van der Waals surface area contributed by atoms with Gasteiger partial charge in [-0.15, -0.1) is 11.3 Å². The van der Waals surface area contributed by atoms with E-state index in [-0.39, 0.29) is 12.1 Å². The maximum atomic E-state index is 12.6. The summed E-state index contributed by atoms with van der Waals surface area (Å²) in [6, 6.07) is 3.87. The number of carbonyl (C=O) groups excluding carboxylic acids is 1. The largest absolute Gasteiger partial charge is 0.353 e. The van der Waals surface area contributed by atoms with E-state index in [1.165, 1.54) is 10.4 Å². The zero-order chi connectivity index (χ0) is 15.1. The van der Waals surface area contributed by atoms with E-state index in [1.54, 1.807) is 28.6 Å². The Morgan fingerprint density at radius 3 is 3.14 bits per heavy atom. The van der Waals surface area contributed by atoms with Crippen LogP contribution in [0.2, 0.25) is 0 Å². The predicted octanol–water partition coefficient (Wildman–Crippen LogP) is 0.958. The van der Waals surface area contributed by atoms with Crippen LogP contribution in [-0.2, 0) is 13.0 Å². The van der Waals surface area contributed by atoms with Crippen LogP contribution < -0.4 is 15.5 Å². The van der Waals surface area contributed by atoms with Crippen LogP contribution >= 0.6 is 11.3 Å². The average molecular weight is 315 g/mol. The number of amides is 1. The Kier molecular flexibility index (Phi) is 3.35. The summed E-state index contributed by atoms with van der Waals surface area (Å²) in [7, 11) is 0. The van der Waals surface area contributed by atoms with Crippen LogP contribution in [0.4, 0.5) is 5.00 Å². The Labute approximate surface area is 133 Å². The Balaban J connectivity index is 1.68. The fourth-order valence-corrected chi connectivity index (χ4v) is 4.61. The minimum absolute atomic E-state index is 0.0417. The highest BCUT2D eigenvalue weighted by Crippen LogP contribution is 2.38. The maximum Gasteiger partial charge on any atom is 0.256 e. The highest BCUT2D eigenvalue weighted by molar-refractivity contribution is 7.16. The summed E-state index contributed by atoms with van der Waals surface area (Å²) in [5, 5.41) is 7.54. The summed E-state index contributed by atoms with van der Waals surface area (Å²) in [6.45, 7) is 5.51. The van der Waals surface area contributed by atoms with Crippen molar-refractivity contribution in [3.05, 3.63) is 46.1 Å². The van der Waals surface area contributed by atoms with Crippen LogP contribution in [0.25, 0.3) is 0 Å². The molecule has 3 N–H and O–H groups in total. The minimum Gasteiger partial charge on any atom is -0.353 e. The van der Waals surface area contributed by atoms with E-state index in [0.717, 1.165) is 42.2 Å². The second-order valence-corrected chi connectivity index (χ2v) is 6.93. The lowest BCUT2D eigenvalue weighted by atomic mass is 10.0. The molecule has 2 aromatic rings. The van der Waals surface area contributed by atoms with E-state index >= 15 is 0 Å². The number of aromatic nitrogens is 1. The van der Waals surface area contributed by atoms with E-state index in [4.69, 9.17) is 0 Å². The topological polar surface area (TPSA) is 58.5 Å². The molecule has 2 aliphatic rings. The molecule has 0 fully saturated rings. The number of quaternary nitrogens is 1. The van der Waals surface area contributed by atoms with E-state index in [0.29, 0.717) is 0 Å². The van der Waals surface area contributed by atoms with Crippen molar-refractivity contribution in [3.63, 3.8) is 0 Å². The molecule has 0 aliphatic carbocycles. The Morgan fingerprint density at radius 2 is 2.36 bits per heavy atom. The lowest BCUT2D eigenvalue weighted by molar-refractivity contribution is -0.913. The van der Waals surface area contributed by atoms with Crippen molar-refractivity contribution in [1.29, 1.82) is 0 Å².